The van der Waals surface area contributed by atoms with Crippen LogP contribution in [0, 0.1) is 0 Å². The van der Waals surface area contributed by atoms with Gasteiger partial charge >= 0.3 is 0 Å². The summed E-state index contributed by atoms with van der Waals surface area (Å²) in [4.78, 5) is 0. The Hall–Kier alpha value is -1.32. The molecule has 0 saturated carbocycles. The van der Waals surface area contributed by atoms with E-state index in [1.54, 1.807) is 6.08 Å². The second kappa shape index (κ2) is 4.96. The smallest absolute Gasteiger partial charge is 0.228 e. The van der Waals surface area contributed by atoms with Crippen LogP contribution in [0.25, 0.3) is 0 Å². The average molecular weight is 206 g/mol. The lowest BCUT2D eigenvalue weighted by molar-refractivity contribution is -0.0839. The Morgan fingerprint density at radius 1 is 1.47 bits per heavy atom. The minimum absolute atomic E-state index is 0.0603. The molecule has 2 atom stereocenters. The van der Waals surface area contributed by atoms with Crippen LogP contribution in [0.1, 0.15) is 0 Å². The number of rotatable bonds is 6. The van der Waals surface area contributed by atoms with Crippen molar-refractivity contribution in [3.63, 3.8) is 0 Å². The second-order valence-electron chi connectivity index (χ2n) is 3.29. The van der Waals surface area contributed by atoms with E-state index < -0.39 is 0 Å². The van der Waals surface area contributed by atoms with Crippen molar-refractivity contribution in [1.29, 1.82) is 0 Å². The standard InChI is InChI=1S/C12H14O3/c1-2-8-13-12(11-9-14-11)15-10-6-4-3-5-7-10/h2-7,11-12H,1,8-9H2. The van der Waals surface area contributed by atoms with E-state index in [4.69, 9.17) is 14.2 Å². The summed E-state index contributed by atoms with van der Waals surface area (Å²) in [5.41, 5.74) is 0. The average Bonchev–Trinajstić information content (AvgIpc) is 3.09. The SMILES string of the molecule is C=CCOC(Oc1ccccc1)C1CO1. The molecule has 80 valence electrons. The van der Waals surface area contributed by atoms with Crippen LogP contribution >= 0.6 is 0 Å². The molecule has 1 fully saturated rings. The molecule has 1 aromatic rings. The van der Waals surface area contributed by atoms with Gasteiger partial charge in [0.2, 0.25) is 6.29 Å². The lowest BCUT2D eigenvalue weighted by atomic mass is 10.3. The molecular formula is C12H14O3. The van der Waals surface area contributed by atoms with E-state index in [2.05, 4.69) is 6.58 Å². The van der Waals surface area contributed by atoms with E-state index in [1.165, 1.54) is 0 Å². The topological polar surface area (TPSA) is 31.0 Å². The fourth-order valence-electron chi connectivity index (χ4n) is 1.23. The molecule has 2 rings (SSSR count). The Morgan fingerprint density at radius 2 is 2.20 bits per heavy atom. The van der Waals surface area contributed by atoms with Gasteiger partial charge in [0.15, 0.2) is 0 Å². The van der Waals surface area contributed by atoms with Crippen LogP contribution in [-0.2, 0) is 9.47 Å². The summed E-state index contributed by atoms with van der Waals surface area (Å²) in [5, 5.41) is 0. The van der Waals surface area contributed by atoms with E-state index >= 15 is 0 Å². The second-order valence-corrected chi connectivity index (χ2v) is 3.29. The van der Waals surface area contributed by atoms with E-state index in [0.717, 1.165) is 5.75 Å². The molecule has 0 radical (unpaired) electrons. The fourth-order valence-corrected chi connectivity index (χ4v) is 1.23. The Kier molecular flexibility index (Phi) is 3.37. The van der Waals surface area contributed by atoms with E-state index in [0.29, 0.717) is 13.2 Å². The number of epoxide rings is 1. The Morgan fingerprint density at radius 3 is 2.80 bits per heavy atom. The summed E-state index contributed by atoms with van der Waals surface area (Å²) in [6, 6.07) is 9.58. The third-order valence-electron chi connectivity index (χ3n) is 2.04. The predicted molar refractivity (Wildman–Crippen MR) is 56.7 cm³/mol. The van der Waals surface area contributed by atoms with Crippen LogP contribution in [0.4, 0.5) is 0 Å². The van der Waals surface area contributed by atoms with Gasteiger partial charge in [-0.1, -0.05) is 24.3 Å². The van der Waals surface area contributed by atoms with Crippen LogP contribution in [0.5, 0.6) is 5.75 Å². The highest BCUT2D eigenvalue weighted by atomic mass is 16.7. The lowest BCUT2D eigenvalue weighted by Gasteiger charge is -2.16. The molecule has 0 amide bonds. The fraction of sp³-hybridized carbons (Fsp3) is 0.333. The summed E-state index contributed by atoms with van der Waals surface area (Å²) in [5.74, 6) is 0.794. The van der Waals surface area contributed by atoms with Crippen molar-refractivity contribution in [2.45, 2.75) is 12.4 Å². The van der Waals surface area contributed by atoms with Crippen molar-refractivity contribution in [2.24, 2.45) is 0 Å². The molecule has 15 heavy (non-hydrogen) atoms. The monoisotopic (exact) mass is 206 g/mol. The maximum absolute atomic E-state index is 5.65. The van der Waals surface area contributed by atoms with Crippen molar-refractivity contribution < 1.29 is 14.2 Å². The molecular weight excluding hydrogens is 192 g/mol. The van der Waals surface area contributed by atoms with Gasteiger partial charge in [-0.2, -0.15) is 0 Å². The van der Waals surface area contributed by atoms with Crippen LogP contribution in [0.2, 0.25) is 0 Å². The third kappa shape index (κ3) is 3.08. The van der Waals surface area contributed by atoms with Crippen molar-refractivity contribution in [1.82, 2.24) is 0 Å². The first-order valence-electron chi connectivity index (χ1n) is 4.96. The van der Waals surface area contributed by atoms with Crippen molar-refractivity contribution in [3.05, 3.63) is 43.0 Å². The predicted octanol–water partition coefficient (Wildman–Crippen LogP) is 1.99. The number of ether oxygens (including phenoxy) is 3. The third-order valence-corrected chi connectivity index (χ3v) is 2.04. The Labute approximate surface area is 89.3 Å². The van der Waals surface area contributed by atoms with Gasteiger partial charge in [0, 0.05) is 0 Å². The molecule has 1 saturated heterocycles. The van der Waals surface area contributed by atoms with Gasteiger partial charge in [-0.25, -0.2) is 0 Å². The summed E-state index contributed by atoms with van der Waals surface area (Å²) in [7, 11) is 0. The van der Waals surface area contributed by atoms with E-state index in [-0.39, 0.29) is 12.4 Å². The quantitative estimate of drug-likeness (QED) is 0.405. The van der Waals surface area contributed by atoms with Gasteiger partial charge in [0.25, 0.3) is 0 Å². The molecule has 0 bridgehead atoms. The molecule has 0 spiro atoms. The maximum Gasteiger partial charge on any atom is 0.228 e. The van der Waals surface area contributed by atoms with E-state index in [1.807, 2.05) is 30.3 Å². The first kappa shape index (κ1) is 10.2. The van der Waals surface area contributed by atoms with Gasteiger partial charge in [0.1, 0.15) is 11.9 Å². The normalized spacial score (nSPS) is 20.7. The minimum atomic E-state index is -0.328. The maximum atomic E-state index is 5.65. The van der Waals surface area contributed by atoms with Crippen LogP contribution in [0.3, 0.4) is 0 Å². The molecule has 1 heterocycles. The van der Waals surface area contributed by atoms with Crippen LogP contribution < -0.4 is 4.74 Å². The summed E-state index contributed by atoms with van der Waals surface area (Å²) in [6.45, 7) is 4.77. The Bertz CT molecular complexity index is 306. The minimum Gasteiger partial charge on any atom is -0.462 e. The molecule has 2 unspecified atom stereocenters. The zero-order chi connectivity index (χ0) is 10.5. The number of hydrogen-bond donors (Lipinski definition) is 0. The summed E-state index contributed by atoms with van der Waals surface area (Å²) < 4.78 is 16.3. The van der Waals surface area contributed by atoms with Gasteiger partial charge in [-0.05, 0) is 12.1 Å². The first-order chi connectivity index (χ1) is 7.40. The molecule has 0 aromatic heterocycles. The molecule has 3 heteroatoms. The highest BCUT2D eigenvalue weighted by Crippen LogP contribution is 2.21. The molecule has 1 aliphatic heterocycles. The first-order valence-corrected chi connectivity index (χ1v) is 4.96. The Balaban J connectivity index is 1.91. The number of hydrogen-bond acceptors (Lipinski definition) is 3. The van der Waals surface area contributed by atoms with Crippen molar-refractivity contribution in [3.8, 4) is 5.75 Å². The highest BCUT2D eigenvalue weighted by Gasteiger charge is 2.35. The zero-order valence-electron chi connectivity index (χ0n) is 8.46. The van der Waals surface area contributed by atoms with Gasteiger partial charge in [-0.3, -0.25) is 0 Å². The van der Waals surface area contributed by atoms with Crippen molar-refractivity contribution >= 4 is 0 Å². The largest absolute Gasteiger partial charge is 0.462 e. The van der Waals surface area contributed by atoms with Gasteiger partial charge in [0.05, 0.1) is 13.2 Å². The van der Waals surface area contributed by atoms with Crippen LogP contribution in [0.15, 0.2) is 43.0 Å². The van der Waals surface area contributed by atoms with Crippen molar-refractivity contribution in [2.75, 3.05) is 13.2 Å². The van der Waals surface area contributed by atoms with Crippen LogP contribution in [-0.4, -0.2) is 25.6 Å². The molecule has 3 nitrogen and oxygen atoms in total. The molecule has 0 aliphatic carbocycles. The summed E-state index contributed by atoms with van der Waals surface area (Å²) >= 11 is 0. The lowest BCUT2D eigenvalue weighted by Crippen LogP contribution is -2.26. The molecule has 1 aromatic carbocycles. The highest BCUT2D eigenvalue weighted by molar-refractivity contribution is 5.21. The zero-order valence-corrected chi connectivity index (χ0v) is 8.46. The summed E-state index contributed by atoms with van der Waals surface area (Å²) in [6.07, 6.45) is 1.43. The molecule has 0 N–H and O–H groups in total. The van der Waals surface area contributed by atoms with E-state index in [9.17, 15) is 0 Å². The number of para-hydroxylation sites is 1. The number of benzene rings is 1. The van der Waals surface area contributed by atoms with Gasteiger partial charge < -0.3 is 14.2 Å². The molecule has 1 aliphatic rings. The van der Waals surface area contributed by atoms with Gasteiger partial charge in [-0.15, -0.1) is 6.58 Å².